The van der Waals surface area contributed by atoms with Crippen LogP contribution in [0, 0.1) is 0 Å². The molecule has 0 aliphatic carbocycles. The second-order valence-corrected chi connectivity index (χ2v) is 4.29. The second kappa shape index (κ2) is 5.08. The Kier molecular flexibility index (Phi) is 3.50. The molecule has 1 heterocycles. The summed E-state index contributed by atoms with van der Waals surface area (Å²) in [6.07, 6.45) is 1.18. The SMILES string of the molecule is CCCNC(=O)N1c2ccccc2C[C@H]1C(=O)O. The van der Waals surface area contributed by atoms with Gasteiger partial charge in [-0.15, -0.1) is 0 Å². The lowest BCUT2D eigenvalue weighted by Gasteiger charge is -2.22. The van der Waals surface area contributed by atoms with Gasteiger partial charge in [0.1, 0.15) is 6.04 Å². The van der Waals surface area contributed by atoms with E-state index in [0.717, 1.165) is 12.0 Å². The van der Waals surface area contributed by atoms with Gasteiger partial charge in [-0.25, -0.2) is 9.59 Å². The van der Waals surface area contributed by atoms with Crippen LogP contribution < -0.4 is 10.2 Å². The van der Waals surface area contributed by atoms with Gasteiger partial charge in [-0.2, -0.15) is 0 Å². The number of urea groups is 1. The van der Waals surface area contributed by atoms with E-state index in [1.165, 1.54) is 4.90 Å². The van der Waals surface area contributed by atoms with Gasteiger partial charge in [0.05, 0.1) is 0 Å². The third-order valence-corrected chi connectivity index (χ3v) is 3.01. The number of carboxylic acid groups (broad SMARTS) is 1. The fraction of sp³-hybridized carbons (Fsp3) is 0.385. The van der Waals surface area contributed by atoms with E-state index in [2.05, 4.69) is 5.32 Å². The summed E-state index contributed by atoms with van der Waals surface area (Å²) < 4.78 is 0. The van der Waals surface area contributed by atoms with Gasteiger partial charge in [0.25, 0.3) is 0 Å². The first-order valence-corrected chi connectivity index (χ1v) is 6.03. The number of fused-ring (bicyclic) bond motifs is 1. The molecule has 1 aliphatic rings. The molecule has 5 nitrogen and oxygen atoms in total. The number of carbonyl (C=O) groups excluding carboxylic acids is 1. The molecule has 0 saturated heterocycles. The van der Waals surface area contributed by atoms with Crippen LogP contribution in [-0.4, -0.2) is 29.7 Å². The summed E-state index contributed by atoms with van der Waals surface area (Å²) >= 11 is 0. The highest BCUT2D eigenvalue weighted by atomic mass is 16.4. The van der Waals surface area contributed by atoms with Gasteiger partial charge in [-0.05, 0) is 18.1 Å². The van der Waals surface area contributed by atoms with Crippen molar-refractivity contribution in [2.45, 2.75) is 25.8 Å². The Balaban J connectivity index is 2.28. The minimum absolute atomic E-state index is 0.339. The predicted molar refractivity (Wildman–Crippen MR) is 67.7 cm³/mol. The number of hydrogen-bond acceptors (Lipinski definition) is 2. The Bertz CT molecular complexity index is 473. The highest BCUT2D eigenvalue weighted by molar-refractivity contribution is 6.01. The molecule has 18 heavy (non-hydrogen) atoms. The van der Waals surface area contributed by atoms with Gasteiger partial charge in [0.15, 0.2) is 0 Å². The van der Waals surface area contributed by atoms with Crippen LogP contribution in [0.4, 0.5) is 10.5 Å². The average Bonchev–Trinajstić information content (AvgIpc) is 2.75. The first-order valence-electron chi connectivity index (χ1n) is 6.03. The predicted octanol–water partition coefficient (Wildman–Crippen LogP) is 1.62. The summed E-state index contributed by atoms with van der Waals surface area (Å²) in [5.74, 6) is -0.974. The van der Waals surface area contributed by atoms with Crippen molar-refractivity contribution in [1.29, 1.82) is 0 Å². The molecule has 0 spiro atoms. The van der Waals surface area contributed by atoms with Crippen molar-refractivity contribution in [3.63, 3.8) is 0 Å². The number of carboxylic acids is 1. The van der Waals surface area contributed by atoms with Crippen LogP contribution in [0.5, 0.6) is 0 Å². The van der Waals surface area contributed by atoms with Crippen molar-refractivity contribution in [1.82, 2.24) is 5.32 Å². The zero-order chi connectivity index (χ0) is 13.1. The van der Waals surface area contributed by atoms with Crippen LogP contribution in [0.3, 0.4) is 0 Å². The number of rotatable bonds is 3. The van der Waals surface area contributed by atoms with Crippen LogP contribution in [0.1, 0.15) is 18.9 Å². The van der Waals surface area contributed by atoms with Crippen LogP contribution in [0.25, 0.3) is 0 Å². The van der Waals surface area contributed by atoms with Gasteiger partial charge in [0.2, 0.25) is 0 Å². The van der Waals surface area contributed by atoms with E-state index in [-0.39, 0.29) is 6.03 Å². The maximum atomic E-state index is 12.0. The third kappa shape index (κ3) is 2.16. The van der Waals surface area contributed by atoms with Crippen molar-refractivity contribution < 1.29 is 14.7 Å². The molecule has 5 heteroatoms. The first-order chi connectivity index (χ1) is 8.65. The summed E-state index contributed by atoms with van der Waals surface area (Å²) in [7, 11) is 0. The number of para-hydroxylation sites is 1. The normalized spacial score (nSPS) is 17.4. The third-order valence-electron chi connectivity index (χ3n) is 3.01. The molecule has 2 N–H and O–H groups in total. The van der Waals surface area contributed by atoms with Crippen molar-refractivity contribution in [2.75, 3.05) is 11.4 Å². The minimum Gasteiger partial charge on any atom is -0.480 e. The Hall–Kier alpha value is -2.04. The topological polar surface area (TPSA) is 69.6 Å². The molecule has 0 aromatic heterocycles. The molecule has 0 unspecified atom stereocenters. The molecular weight excluding hydrogens is 232 g/mol. The van der Waals surface area contributed by atoms with Crippen molar-refractivity contribution in [2.24, 2.45) is 0 Å². The van der Waals surface area contributed by atoms with Crippen LogP contribution in [-0.2, 0) is 11.2 Å². The summed E-state index contributed by atoms with van der Waals surface area (Å²) in [5, 5.41) is 11.9. The van der Waals surface area contributed by atoms with Crippen molar-refractivity contribution in [3.8, 4) is 0 Å². The van der Waals surface area contributed by atoms with E-state index < -0.39 is 12.0 Å². The Morgan fingerprint density at radius 3 is 2.83 bits per heavy atom. The van der Waals surface area contributed by atoms with E-state index in [0.29, 0.717) is 18.7 Å². The molecule has 0 bridgehead atoms. The van der Waals surface area contributed by atoms with Gasteiger partial charge < -0.3 is 10.4 Å². The maximum Gasteiger partial charge on any atom is 0.327 e. The van der Waals surface area contributed by atoms with Crippen LogP contribution in [0.15, 0.2) is 24.3 Å². The second-order valence-electron chi connectivity index (χ2n) is 4.29. The van der Waals surface area contributed by atoms with Gasteiger partial charge in [-0.3, -0.25) is 4.90 Å². The smallest absolute Gasteiger partial charge is 0.327 e. The van der Waals surface area contributed by atoms with Crippen LogP contribution >= 0.6 is 0 Å². The molecule has 0 radical (unpaired) electrons. The summed E-state index contributed by atoms with van der Waals surface area (Å²) in [6, 6.07) is 6.16. The fourth-order valence-electron chi connectivity index (χ4n) is 2.15. The molecule has 2 amide bonds. The van der Waals surface area contributed by atoms with Crippen molar-refractivity contribution in [3.05, 3.63) is 29.8 Å². The number of hydrogen-bond donors (Lipinski definition) is 2. The molecule has 0 fully saturated rings. The summed E-state index contributed by atoms with van der Waals surface area (Å²) in [6.45, 7) is 2.50. The standard InChI is InChI=1S/C13H16N2O3/c1-2-7-14-13(18)15-10-6-4-3-5-9(10)8-11(15)12(16)17/h3-6,11H,2,7-8H2,1H3,(H,14,18)(H,16,17)/t11-/m0/s1. The molecule has 1 aromatic carbocycles. The number of nitrogens with zero attached hydrogens (tertiary/aromatic N) is 1. The largest absolute Gasteiger partial charge is 0.480 e. The number of aliphatic carboxylic acids is 1. The number of benzene rings is 1. The Morgan fingerprint density at radius 1 is 1.44 bits per heavy atom. The lowest BCUT2D eigenvalue weighted by atomic mass is 10.1. The molecule has 1 aromatic rings. The lowest BCUT2D eigenvalue weighted by Crippen LogP contribution is -2.48. The van der Waals surface area contributed by atoms with E-state index in [9.17, 15) is 14.7 Å². The quantitative estimate of drug-likeness (QED) is 0.854. The number of amides is 2. The van der Waals surface area contributed by atoms with E-state index in [4.69, 9.17) is 0 Å². The van der Waals surface area contributed by atoms with Gasteiger partial charge >= 0.3 is 12.0 Å². The van der Waals surface area contributed by atoms with Crippen LogP contribution in [0.2, 0.25) is 0 Å². The minimum atomic E-state index is -0.974. The number of anilines is 1. The molecule has 2 rings (SSSR count). The van der Waals surface area contributed by atoms with Crippen molar-refractivity contribution >= 4 is 17.7 Å². The zero-order valence-electron chi connectivity index (χ0n) is 10.2. The Morgan fingerprint density at radius 2 is 2.17 bits per heavy atom. The highest BCUT2D eigenvalue weighted by Gasteiger charge is 2.37. The maximum absolute atomic E-state index is 12.0. The molecule has 1 aliphatic heterocycles. The number of nitrogens with one attached hydrogen (secondary N) is 1. The van der Waals surface area contributed by atoms with E-state index >= 15 is 0 Å². The monoisotopic (exact) mass is 248 g/mol. The molecule has 0 saturated carbocycles. The summed E-state index contributed by atoms with van der Waals surface area (Å²) in [4.78, 5) is 24.6. The first kappa shape index (κ1) is 12.4. The lowest BCUT2D eigenvalue weighted by molar-refractivity contribution is -0.138. The van der Waals surface area contributed by atoms with E-state index in [1.807, 2.05) is 25.1 Å². The molecule has 1 atom stereocenters. The van der Waals surface area contributed by atoms with E-state index in [1.54, 1.807) is 6.07 Å². The zero-order valence-corrected chi connectivity index (χ0v) is 10.2. The van der Waals surface area contributed by atoms with Gasteiger partial charge in [-0.1, -0.05) is 25.1 Å². The van der Waals surface area contributed by atoms with Gasteiger partial charge in [0, 0.05) is 18.7 Å². The highest BCUT2D eigenvalue weighted by Crippen LogP contribution is 2.32. The molecular formula is C13H16N2O3. The molecule has 96 valence electrons. The summed E-state index contributed by atoms with van der Waals surface area (Å²) in [5.41, 5.74) is 1.59. The number of carbonyl (C=O) groups is 2. The fourth-order valence-corrected chi connectivity index (χ4v) is 2.15. The average molecular weight is 248 g/mol. The Labute approximate surface area is 105 Å².